The summed E-state index contributed by atoms with van der Waals surface area (Å²) in [6.45, 7) is 5.43. The number of carbonyl (C=O) groups excluding carboxylic acids is 1. The van der Waals surface area contributed by atoms with Gasteiger partial charge in [0.15, 0.2) is 0 Å². The lowest BCUT2D eigenvalue weighted by Crippen LogP contribution is -2.34. The van der Waals surface area contributed by atoms with E-state index in [1.165, 1.54) is 7.05 Å². The monoisotopic (exact) mass is 316 g/mol. The molecule has 0 saturated heterocycles. The molecule has 0 saturated carbocycles. The van der Waals surface area contributed by atoms with Gasteiger partial charge in [-0.25, -0.2) is 8.42 Å². The third-order valence-corrected chi connectivity index (χ3v) is 3.98. The number of hydrogen-bond acceptors (Lipinski definition) is 6. The summed E-state index contributed by atoms with van der Waals surface area (Å²) < 4.78 is 28.7. The molecule has 0 bridgehead atoms. The fourth-order valence-corrected chi connectivity index (χ4v) is 1.91. The zero-order valence-corrected chi connectivity index (χ0v) is 13.6. The Kier molecular flexibility index (Phi) is 5.62. The summed E-state index contributed by atoms with van der Waals surface area (Å²) in [5.41, 5.74) is 1.58. The molecule has 21 heavy (non-hydrogen) atoms. The predicted molar refractivity (Wildman–Crippen MR) is 78.8 cm³/mol. The van der Waals surface area contributed by atoms with Gasteiger partial charge in [0, 0.05) is 7.05 Å². The summed E-state index contributed by atoms with van der Waals surface area (Å²) in [5.74, 6) is -0.457. The number of carbonyl (C=O) groups is 1. The van der Waals surface area contributed by atoms with Gasteiger partial charge < -0.3 is 10.1 Å². The van der Waals surface area contributed by atoms with Crippen molar-refractivity contribution in [1.29, 1.82) is 0 Å². The highest BCUT2D eigenvalue weighted by atomic mass is 32.2. The smallest absolute Gasteiger partial charge is 0.316 e. The van der Waals surface area contributed by atoms with E-state index < -0.39 is 15.9 Å². The molecule has 118 valence electrons. The van der Waals surface area contributed by atoms with Crippen LogP contribution in [-0.4, -0.2) is 55.1 Å². The van der Waals surface area contributed by atoms with Crippen LogP contribution in [0.2, 0.25) is 0 Å². The number of rotatable bonds is 6. The lowest BCUT2D eigenvalue weighted by molar-refractivity contribution is -0.116. The SMILES string of the molecule is CCOc1nc(C)c(NC(=O)CN(C)S(C)(=O)=O)c(C)n1. The van der Waals surface area contributed by atoms with Gasteiger partial charge in [-0.15, -0.1) is 0 Å². The fraction of sp³-hybridized carbons (Fsp3) is 0.583. The predicted octanol–water partition coefficient (Wildman–Crippen LogP) is 0.322. The molecule has 1 amide bonds. The molecule has 0 radical (unpaired) electrons. The zero-order chi connectivity index (χ0) is 16.2. The first kappa shape index (κ1) is 17.3. The van der Waals surface area contributed by atoms with E-state index in [0.717, 1.165) is 10.6 Å². The van der Waals surface area contributed by atoms with Gasteiger partial charge in [0.2, 0.25) is 15.9 Å². The van der Waals surface area contributed by atoms with Crippen LogP contribution in [0.25, 0.3) is 0 Å². The van der Waals surface area contributed by atoms with Crippen LogP contribution >= 0.6 is 0 Å². The van der Waals surface area contributed by atoms with E-state index in [2.05, 4.69) is 15.3 Å². The van der Waals surface area contributed by atoms with Gasteiger partial charge in [-0.1, -0.05) is 0 Å². The van der Waals surface area contributed by atoms with Crippen LogP contribution in [0.15, 0.2) is 0 Å². The molecular weight excluding hydrogens is 296 g/mol. The van der Waals surface area contributed by atoms with Gasteiger partial charge in [0.25, 0.3) is 0 Å². The summed E-state index contributed by atoms with van der Waals surface area (Å²) in [5, 5.41) is 2.63. The number of likely N-dealkylation sites (N-methyl/N-ethyl adjacent to an activating group) is 1. The molecule has 1 rings (SSSR count). The standard InChI is InChI=1S/C12H20N4O4S/c1-6-20-12-13-8(2)11(9(3)14-12)15-10(17)7-16(4)21(5,18)19/h6-7H2,1-5H3,(H,15,17). The Morgan fingerprint density at radius 2 is 1.81 bits per heavy atom. The molecule has 0 spiro atoms. The number of hydrogen-bond donors (Lipinski definition) is 1. The van der Waals surface area contributed by atoms with E-state index in [1.54, 1.807) is 13.8 Å². The number of aryl methyl sites for hydroxylation is 2. The van der Waals surface area contributed by atoms with E-state index in [9.17, 15) is 13.2 Å². The van der Waals surface area contributed by atoms with Crippen LogP contribution < -0.4 is 10.1 Å². The van der Waals surface area contributed by atoms with Gasteiger partial charge in [-0.05, 0) is 20.8 Å². The van der Waals surface area contributed by atoms with Crippen LogP contribution in [0, 0.1) is 13.8 Å². The molecule has 0 fully saturated rings. The Hall–Kier alpha value is -1.74. The second-order valence-electron chi connectivity index (χ2n) is 4.55. The van der Waals surface area contributed by atoms with Crippen LogP contribution in [0.3, 0.4) is 0 Å². The number of anilines is 1. The van der Waals surface area contributed by atoms with Gasteiger partial charge in [0.1, 0.15) is 0 Å². The van der Waals surface area contributed by atoms with Crippen molar-refractivity contribution in [3.63, 3.8) is 0 Å². The Balaban J connectivity index is 2.86. The highest BCUT2D eigenvalue weighted by Gasteiger charge is 2.17. The minimum absolute atomic E-state index is 0.249. The maximum Gasteiger partial charge on any atom is 0.316 e. The maximum absolute atomic E-state index is 11.9. The number of nitrogens with one attached hydrogen (secondary N) is 1. The molecule has 1 aromatic rings. The van der Waals surface area contributed by atoms with Crippen molar-refractivity contribution < 1.29 is 17.9 Å². The van der Waals surface area contributed by atoms with Crippen molar-refractivity contribution in [2.75, 3.05) is 31.8 Å². The van der Waals surface area contributed by atoms with Crippen molar-refractivity contribution in [1.82, 2.24) is 14.3 Å². The summed E-state index contributed by atoms with van der Waals surface area (Å²) in [6, 6.07) is 0.249. The molecule has 8 nitrogen and oxygen atoms in total. The summed E-state index contributed by atoms with van der Waals surface area (Å²) in [7, 11) is -2.07. The third kappa shape index (κ3) is 4.94. The van der Waals surface area contributed by atoms with E-state index in [4.69, 9.17) is 4.74 Å². The van der Waals surface area contributed by atoms with Crippen LogP contribution in [-0.2, 0) is 14.8 Å². The number of ether oxygens (including phenoxy) is 1. The van der Waals surface area contributed by atoms with Gasteiger partial charge >= 0.3 is 6.01 Å². The zero-order valence-electron chi connectivity index (χ0n) is 12.8. The molecule has 0 unspecified atom stereocenters. The third-order valence-electron chi connectivity index (χ3n) is 2.72. The second kappa shape index (κ2) is 6.81. The van der Waals surface area contributed by atoms with Crippen molar-refractivity contribution in [2.24, 2.45) is 0 Å². The maximum atomic E-state index is 11.9. The first-order valence-corrected chi connectivity index (χ1v) is 8.19. The molecular formula is C12H20N4O4S. The molecule has 1 heterocycles. The topological polar surface area (TPSA) is 101 Å². The Bertz CT molecular complexity index is 607. The highest BCUT2D eigenvalue weighted by molar-refractivity contribution is 7.88. The van der Waals surface area contributed by atoms with Crippen LogP contribution in [0.5, 0.6) is 6.01 Å². The molecule has 0 aliphatic carbocycles. The van der Waals surface area contributed by atoms with Crippen molar-refractivity contribution in [3.8, 4) is 6.01 Å². The molecule has 9 heteroatoms. The van der Waals surface area contributed by atoms with E-state index in [1.807, 2.05) is 6.92 Å². The van der Waals surface area contributed by atoms with E-state index in [0.29, 0.717) is 23.7 Å². The molecule has 0 atom stereocenters. The number of aromatic nitrogens is 2. The van der Waals surface area contributed by atoms with Crippen molar-refractivity contribution in [2.45, 2.75) is 20.8 Å². The van der Waals surface area contributed by atoms with Crippen LogP contribution in [0.1, 0.15) is 18.3 Å². The summed E-state index contributed by atoms with van der Waals surface area (Å²) >= 11 is 0. The minimum atomic E-state index is -3.40. The van der Waals surface area contributed by atoms with Gasteiger partial charge in [-0.3, -0.25) is 4.79 Å². The molecule has 1 aromatic heterocycles. The average molecular weight is 316 g/mol. The van der Waals surface area contributed by atoms with Gasteiger partial charge in [0.05, 0.1) is 36.5 Å². The van der Waals surface area contributed by atoms with Crippen molar-refractivity contribution >= 4 is 21.6 Å². The van der Waals surface area contributed by atoms with Crippen molar-refractivity contribution in [3.05, 3.63) is 11.4 Å². The average Bonchev–Trinajstić information content (AvgIpc) is 2.33. The Morgan fingerprint density at radius 3 is 2.24 bits per heavy atom. The quantitative estimate of drug-likeness (QED) is 0.811. The molecule has 0 aromatic carbocycles. The lowest BCUT2D eigenvalue weighted by atomic mass is 10.3. The highest BCUT2D eigenvalue weighted by Crippen LogP contribution is 2.19. The lowest BCUT2D eigenvalue weighted by Gasteiger charge is -2.15. The van der Waals surface area contributed by atoms with Crippen LogP contribution in [0.4, 0.5) is 5.69 Å². The van der Waals surface area contributed by atoms with Gasteiger partial charge in [-0.2, -0.15) is 14.3 Å². The molecule has 0 aliphatic rings. The summed E-state index contributed by atoms with van der Waals surface area (Å²) in [6.07, 6.45) is 1.04. The first-order valence-electron chi connectivity index (χ1n) is 6.34. The fourth-order valence-electron chi connectivity index (χ4n) is 1.56. The molecule has 0 aliphatic heterocycles. The number of nitrogens with zero attached hydrogens (tertiary/aromatic N) is 3. The molecule has 1 N–H and O–H groups in total. The van der Waals surface area contributed by atoms with E-state index in [-0.39, 0.29) is 12.6 Å². The second-order valence-corrected chi connectivity index (χ2v) is 6.64. The minimum Gasteiger partial charge on any atom is -0.464 e. The Morgan fingerprint density at radius 1 is 1.29 bits per heavy atom. The van der Waals surface area contributed by atoms with E-state index >= 15 is 0 Å². The number of amides is 1. The first-order chi connectivity index (χ1) is 9.65. The number of sulfonamides is 1. The largest absolute Gasteiger partial charge is 0.464 e. The normalized spacial score (nSPS) is 11.5. The summed E-state index contributed by atoms with van der Waals surface area (Å²) in [4.78, 5) is 20.1. The Labute approximate surface area is 124 Å².